The van der Waals surface area contributed by atoms with Gasteiger partial charge in [-0.05, 0) is 37.1 Å². The van der Waals surface area contributed by atoms with Crippen LogP contribution in [0.3, 0.4) is 0 Å². The first kappa shape index (κ1) is 9.06. The third kappa shape index (κ3) is 1.71. The van der Waals surface area contributed by atoms with Crippen molar-refractivity contribution >= 4 is 11.5 Å². The summed E-state index contributed by atoms with van der Waals surface area (Å²) in [5, 5.41) is 6.24. The normalized spacial score (nSPS) is 15.9. The van der Waals surface area contributed by atoms with Gasteiger partial charge in [-0.3, -0.25) is 5.01 Å². The highest BCUT2D eigenvalue weighted by molar-refractivity contribution is 5.84. The highest BCUT2D eigenvalue weighted by atomic mass is 15.5. The van der Waals surface area contributed by atoms with E-state index in [2.05, 4.69) is 37.1 Å². The molecule has 74 valence electrons. The highest BCUT2D eigenvalue weighted by Crippen LogP contribution is 2.21. The lowest BCUT2D eigenvalue weighted by Crippen LogP contribution is -2.11. The minimum Gasteiger partial charge on any atom is -0.386 e. The molecule has 0 atom stereocenters. The van der Waals surface area contributed by atoms with Crippen LogP contribution in [0.5, 0.6) is 0 Å². The molecule has 1 aliphatic rings. The number of hydrogen-bond acceptors (Lipinski definition) is 3. The van der Waals surface area contributed by atoms with E-state index in [-0.39, 0.29) is 0 Å². The second kappa shape index (κ2) is 3.33. The molecule has 1 aromatic rings. The molecule has 0 amide bonds. The van der Waals surface area contributed by atoms with Gasteiger partial charge in [0.15, 0.2) is 0 Å². The molecule has 0 aromatic heterocycles. The Kier molecular flexibility index (Phi) is 2.15. The number of nitrogens with zero attached hydrogens (tertiary/aromatic N) is 2. The Labute approximate surface area is 84.2 Å². The number of anilines is 1. The summed E-state index contributed by atoms with van der Waals surface area (Å²) in [6, 6.07) is 6.43. The molecule has 14 heavy (non-hydrogen) atoms. The van der Waals surface area contributed by atoms with Gasteiger partial charge in [-0.15, -0.1) is 0 Å². The van der Waals surface area contributed by atoms with Crippen LogP contribution >= 0.6 is 0 Å². The fourth-order valence-corrected chi connectivity index (χ4v) is 1.76. The molecule has 0 radical (unpaired) electrons. The summed E-state index contributed by atoms with van der Waals surface area (Å²) in [6.45, 7) is 5.09. The topological polar surface area (TPSA) is 41.6 Å². The fraction of sp³-hybridized carbons (Fsp3) is 0.364. The lowest BCUT2D eigenvalue weighted by molar-refractivity contribution is 0.919. The molecule has 1 heterocycles. The lowest BCUT2D eigenvalue weighted by atomic mass is 10.1. The van der Waals surface area contributed by atoms with E-state index in [9.17, 15) is 0 Å². The minimum absolute atomic E-state index is 0.726. The molecular formula is C11H15N3. The maximum Gasteiger partial charge on any atom is 0.122 e. The third-order valence-corrected chi connectivity index (χ3v) is 2.33. The fourth-order valence-electron chi connectivity index (χ4n) is 1.76. The molecule has 2 N–H and O–H groups in total. The second-order valence-electron chi connectivity index (χ2n) is 3.81. The summed E-state index contributed by atoms with van der Waals surface area (Å²) in [4.78, 5) is 0. The predicted octanol–water partition coefficient (Wildman–Crippen LogP) is 1.79. The van der Waals surface area contributed by atoms with Crippen molar-refractivity contribution in [1.82, 2.24) is 0 Å². The Morgan fingerprint density at radius 3 is 2.36 bits per heavy atom. The number of hydrogen-bond donors (Lipinski definition) is 1. The third-order valence-electron chi connectivity index (χ3n) is 2.33. The standard InChI is InChI=1S/C11H15N3/c1-8-5-9(2)7-10(6-8)14-4-3-11(12)13-14/h5-7H,3-4H2,1-2H3,(H2,12,13). The molecule has 1 aromatic carbocycles. The molecule has 0 spiro atoms. The van der Waals surface area contributed by atoms with Crippen LogP contribution in [0.1, 0.15) is 17.5 Å². The molecule has 3 nitrogen and oxygen atoms in total. The van der Waals surface area contributed by atoms with Gasteiger partial charge >= 0.3 is 0 Å². The van der Waals surface area contributed by atoms with E-state index in [1.54, 1.807) is 0 Å². The molecule has 3 heteroatoms. The smallest absolute Gasteiger partial charge is 0.122 e. The monoisotopic (exact) mass is 189 g/mol. The first-order valence-corrected chi connectivity index (χ1v) is 4.84. The maximum absolute atomic E-state index is 5.65. The summed E-state index contributed by atoms with van der Waals surface area (Å²) >= 11 is 0. The molecule has 2 rings (SSSR count). The average Bonchev–Trinajstić information content (AvgIpc) is 2.50. The van der Waals surface area contributed by atoms with E-state index in [1.165, 1.54) is 11.1 Å². The summed E-state index contributed by atoms with van der Waals surface area (Å²) in [5.74, 6) is 0.726. The van der Waals surface area contributed by atoms with Gasteiger partial charge < -0.3 is 5.73 Å². The van der Waals surface area contributed by atoms with E-state index in [0.717, 1.165) is 24.5 Å². The highest BCUT2D eigenvalue weighted by Gasteiger charge is 2.13. The van der Waals surface area contributed by atoms with E-state index >= 15 is 0 Å². The molecule has 0 fully saturated rings. The first-order valence-electron chi connectivity index (χ1n) is 4.84. The van der Waals surface area contributed by atoms with E-state index < -0.39 is 0 Å². The molecule has 0 saturated heterocycles. The number of hydrazone groups is 1. The van der Waals surface area contributed by atoms with Crippen molar-refractivity contribution in [1.29, 1.82) is 0 Å². The largest absolute Gasteiger partial charge is 0.386 e. The Bertz CT molecular complexity index is 362. The van der Waals surface area contributed by atoms with Gasteiger partial charge in [0.2, 0.25) is 0 Å². The SMILES string of the molecule is Cc1cc(C)cc(N2CCC(N)=N2)c1. The van der Waals surface area contributed by atoms with Gasteiger partial charge in [-0.1, -0.05) is 6.07 Å². The number of aryl methyl sites for hydroxylation is 2. The molecule has 0 unspecified atom stereocenters. The summed E-state index contributed by atoms with van der Waals surface area (Å²) in [7, 11) is 0. The Balaban J connectivity index is 2.32. The van der Waals surface area contributed by atoms with Gasteiger partial charge in [-0.2, -0.15) is 5.10 Å². The van der Waals surface area contributed by atoms with Gasteiger partial charge in [0, 0.05) is 13.0 Å². The molecule has 0 bridgehead atoms. The van der Waals surface area contributed by atoms with Crippen molar-refractivity contribution in [3.05, 3.63) is 29.3 Å². The van der Waals surface area contributed by atoms with Crippen LogP contribution in [0.4, 0.5) is 5.69 Å². The van der Waals surface area contributed by atoms with Crippen LogP contribution in [-0.4, -0.2) is 12.4 Å². The zero-order chi connectivity index (χ0) is 10.1. The zero-order valence-electron chi connectivity index (χ0n) is 8.62. The number of benzene rings is 1. The zero-order valence-corrected chi connectivity index (χ0v) is 8.62. The molecule has 1 aliphatic heterocycles. The van der Waals surface area contributed by atoms with Gasteiger partial charge in [0.1, 0.15) is 5.84 Å². The molecular weight excluding hydrogens is 174 g/mol. The van der Waals surface area contributed by atoms with Gasteiger partial charge in [-0.25, -0.2) is 0 Å². The van der Waals surface area contributed by atoms with Crippen molar-refractivity contribution in [2.45, 2.75) is 20.3 Å². The van der Waals surface area contributed by atoms with E-state index in [4.69, 9.17) is 5.73 Å². The van der Waals surface area contributed by atoms with Crippen molar-refractivity contribution in [3.63, 3.8) is 0 Å². The minimum atomic E-state index is 0.726. The summed E-state index contributed by atoms with van der Waals surface area (Å²) in [6.07, 6.45) is 0.868. The Hall–Kier alpha value is -1.51. The van der Waals surface area contributed by atoms with Crippen LogP contribution < -0.4 is 10.7 Å². The van der Waals surface area contributed by atoms with Crippen LogP contribution in [0, 0.1) is 13.8 Å². The van der Waals surface area contributed by atoms with E-state index in [0.29, 0.717) is 0 Å². The molecule has 0 saturated carbocycles. The van der Waals surface area contributed by atoms with Crippen molar-refractivity contribution in [2.75, 3.05) is 11.6 Å². The number of nitrogens with two attached hydrogens (primary N) is 1. The number of rotatable bonds is 1. The number of amidine groups is 1. The average molecular weight is 189 g/mol. The second-order valence-corrected chi connectivity index (χ2v) is 3.81. The Morgan fingerprint density at radius 1 is 1.21 bits per heavy atom. The van der Waals surface area contributed by atoms with Crippen molar-refractivity contribution < 1.29 is 0 Å². The first-order chi connectivity index (χ1) is 6.65. The van der Waals surface area contributed by atoms with Crippen LogP contribution in [0.15, 0.2) is 23.3 Å². The van der Waals surface area contributed by atoms with Crippen LogP contribution in [0.2, 0.25) is 0 Å². The Morgan fingerprint density at radius 2 is 1.86 bits per heavy atom. The lowest BCUT2D eigenvalue weighted by Gasteiger charge is -2.14. The predicted molar refractivity (Wildman–Crippen MR) is 59.5 cm³/mol. The van der Waals surface area contributed by atoms with Crippen molar-refractivity contribution in [2.24, 2.45) is 10.8 Å². The summed E-state index contributed by atoms with van der Waals surface area (Å²) in [5.41, 5.74) is 9.32. The van der Waals surface area contributed by atoms with Crippen LogP contribution in [0.25, 0.3) is 0 Å². The summed E-state index contributed by atoms with van der Waals surface area (Å²) < 4.78 is 0. The van der Waals surface area contributed by atoms with E-state index in [1.807, 2.05) is 5.01 Å². The maximum atomic E-state index is 5.65. The van der Waals surface area contributed by atoms with Gasteiger partial charge in [0.05, 0.1) is 5.69 Å². The van der Waals surface area contributed by atoms with Gasteiger partial charge in [0.25, 0.3) is 0 Å². The molecule has 0 aliphatic carbocycles. The van der Waals surface area contributed by atoms with Crippen molar-refractivity contribution in [3.8, 4) is 0 Å². The van der Waals surface area contributed by atoms with Crippen LogP contribution in [-0.2, 0) is 0 Å². The quantitative estimate of drug-likeness (QED) is 0.731.